The molecular formula is C61H76N10O8S2. The van der Waals surface area contributed by atoms with Crippen LogP contribution in [0.1, 0.15) is 174 Å². The Balaban J connectivity index is 0.913. The van der Waals surface area contributed by atoms with Crippen LogP contribution in [0.4, 0.5) is 0 Å². The number of ketones is 2. The Labute approximate surface area is 482 Å². The fourth-order valence-corrected chi connectivity index (χ4v) is 13.8. The Bertz CT molecular complexity index is 3000. The van der Waals surface area contributed by atoms with Crippen LogP contribution in [0.25, 0.3) is 0 Å². The van der Waals surface area contributed by atoms with Crippen molar-refractivity contribution in [3.05, 3.63) is 127 Å². The molecule has 4 heterocycles. The van der Waals surface area contributed by atoms with Gasteiger partial charge in [0.2, 0.25) is 35.2 Å². The number of amides is 6. The average Bonchev–Trinajstić information content (AvgIpc) is 4.56. The van der Waals surface area contributed by atoms with Crippen molar-refractivity contribution >= 4 is 69.7 Å². The summed E-state index contributed by atoms with van der Waals surface area (Å²) in [6, 6.07) is 10.3. The number of hydrogen-bond donors (Lipinski definition) is 6. The van der Waals surface area contributed by atoms with Gasteiger partial charge in [0, 0.05) is 58.2 Å². The number of Topliss-reactive ketones (excluding diaryl/α,β-unsaturated/α-hetero) is 1. The standard InChI is InChI=1S/C61H76N10O8S2/c1-35-16-15-23-43(28-35)53(73)47-34-81-59(67-47)49-30-45(32-71(49)61(79)51(39-19-11-7-12-20-39)69-55(75)37(3)63-5)65-57(77)42-26-24-41(25-27-42)56(76)64-44-29-48(58-66-46(33-80-58)52(72)40-21-13-8-14-22-40)70(31-44)60(78)50(38-17-9-6-10-18-38)68-54(74)36(2)62-4/h8,13-15,21-28,33-39,44-45,48-51,62-63H,6-7,9-12,16-20,29-32H2,1-5H3,(H,64,76)(H,65,77)(H,68,74)(H,69,75). The van der Waals surface area contributed by atoms with Crippen LogP contribution in [0.5, 0.6) is 0 Å². The van der Waals surface area contributed by atoms with Gasteiger partial charge in [-0.1, -0.05) is 94.0 Å². The second-order valence-corrected chi connectivity index (χ2v) is 24.4. The number of rotatable bonds is 20. The number of aromatic nitrogens is 2. The number of carbonyl (C=O) groups excluding carboxylic acids is 8. The van der Waals surface area contributed by atoms with Crippen molar-refractivity contribution in [3.63, 3.8) is 0 Å². The summed E-state index contributed by atoms with van der Waals surface area (Å²) in [5.74, 6) is -2.28. The number of carbonyl (C=O) groups is 8. The van der Waals surface area contributed by atoms with Crippen molar-refractivity contribution in [2.75, 3.05) is 27.2 Å². The van der Waals surface area contributed by atoms with E-state index >= 15 is 0 Å². The van der Waals surface area contributed by atoms with E-state index in [0.29, 0.717) is 34.0 Å². The Kier molecular flexibility index (Phi) is 19.6. The van der Waals surface area contributed by atoms with E-state index in [1.807, 2.05) is 24.3 Å². The molecule has 2 saturated heterocycles. The van der Waals surface area contributed by atoms with Crippen LogP contribution in [0.3, 0.4) is 0 Å². The monoisotopic (exact) mass is 1140 g/mol. The van der Waals surface area contributed by atoms with Crippen LogP contribution in [0, 0.1) is 17.8 Å². The molecular weight excluding hydrogens is 1060 g/mol. The maximum absolute atomic E-state index is 15.0. The van der Waals surface area contributed by atoms with Crippen LogP contribution < -0.4 is 31.9 Å². The normalized spacial score (nSPS) is 22.9. The highest BCUT2D eigenvalue weighted by Gasteiger charge is 2.46. The van der Waals surface area contributed by atoms with Gasteiger partial charge in [-0.05, 0) is 115 Å². The fourth-order valence-electron chi connectivity index (χ4n) is 12.0. The number of nitrogens with one attached hydrogen (secondary N) is 6. The molecule has 81 heavy (non-hydrogen) atoms. The number of benzene rings is 2. The molecule has 4 fully saturated rings. The molecule has 430 valence electrons. The lowest BCUT2D eigenvalue weighted by Gasteiger charge is -2.35. The van der Waals surface area contributed by atoms with Crippen LogP contribution in [0.15, 0.2) is 89.2 Å². The minimum Gasteiger partial charge on any atom is -0.347 e. The first kappa shape index (κ1) is 58.9. The zero-order valence-corrected chi connectivity index (χ0v) is 48.5. The van der Waals surface area contributed by atoms with Crippen molar-refractivity contribution < 1.29 is 38.4 Å². The maximum atomic E-state index is 15.0. The van der Waals surface area contributed by atoms with Gasteiger partial charge in [-0.15, -0.1) is 22.7 Å². The van der Waals surface area contributed by atoms with Crippen molar-refractivity contribution in [1.82, 2.24) is 51.7 Å². The Morgan fingerprint density at radius 2 is 1.02 bits per heavy atom. The molecule has 20 heteroatoms. The number of likely N-dealkylation sites (N-methyl/N-ethyl adjacent to an activating group) is 2. The molecule has 0 spiro atoms. The molecule has 6 N–H and O–H groups in total. The highest BCUT2D eigenvalue weighted by atomic mass is 32.1. The molecule has 18 nitrogen and oxygen atoms in total. The summed E-state index contributed by atoms with van der Waals surface area (Å²) in [6.07, 6.45) is 16.3. The molecule has 2 aromatic heterocycles. The van der Waals surface area contributed by atoms with E-state index < -0.39 is 60.1 Å². The SMILES string of the molecule is CNC(C)C(=O)NC(C(=O)N1CC(NC(=O)c2ccc(C(=O)NC3CC(c4nc(C(=O)c5ccccc5)cs4)N(C(=O)C(NC(=O)C(C)NC)C4CCCCC4)C3)cc2)CC1c1nc(C(=O)C2=CC(C)CC=C2)cs1)C1CCCCC1. The van der Waals surface area contributed by atoms with Crippen LogP contribution in [-0.4, -0.2) is 130 Å². The minimum atomic E-state index is -0.798. The van der Waals surface area contributed by atoms with Gasteiger partial charge in [0.05, 0.1) is 24.2 Å². The Hall–Kier alpha value is -6.74. The number of allylic oxidation sites excluding steroid dienone is 4. The van der Waals surface area contributed by atoms with Crippen LogP contribution in [-0.2, 0) is 19.2 Å². The zero-order chi connectivity index (χ0) is 57.3. The van der Waals surface area contributed by atoms with Crippen molar-refractivity contribution in [3.8, 4) is 0 Å². The van der Waals surface area contributed by atoms with E-state index in [9.17, 15) is 38.4 Å². The topological polar surface area (TPSA) is 241 Å². The van der Waals surface area contributed by atoms with E-state index in [0.717, 1.165) is 70.6 Å². The number of likely N-dealkylation sites (tertiary alicyclic amines) is 2. The molecule has 0 radical (unpaired) electrons. The van der Waals surface area contributed by atoms with Crippen molar-refractivity contribution in [1.29, 1.82) is 0 Å². The first-order valence-corrected chi connectivity index (χ1v) is 30.6. The van der Waals surface area contributed by atoms with E-state index in [4.69, 9.17) is 9.97 Å². The maximum Gasteiger partial charge on any atom is 0.251 e. The third-order valence-electron chi connectivity index (χ3n) is 16.9. The van der Waals surface area contributed by atoms with Gasteiger partial charge < -0.3 is 41.7 Å². The summed E-state index contributed by atoms with van der Waals surface area (Å²) in [4.78, 5) is 125. The quantitative estimate of drug-likeness (QED) is 0.0489. The smallest absolute Gasteiger partial charge is 0.251 e. The molecule has 0 bridgehead atoms. The van der Waals surface area contributed by atoms with Crippen LogP contribution >= 0.6 is 22.7 Å². The molecule has 6 amide bonds. The summed E-state index contributed by atoms with van der Waals surface area (Å²) in [7, 11) is 3.39. The second-order valence-electron chi connectivity index (χ2n) is 22.6. The molecule has 9 atom stereocenters. The second kappa shape index (κ2) is 26.9. The molecule has 2 aliphatic heterocycles. The predicted octanol–water partition coefficient (Wildman–Crippen LogP) is 7.03. The summed E-state index contributed by atoms with van der Waals surface area (Å²) in [5, 5.41) is 22.9. The highest BCUT2D eigenvalue weighted by molar-refractivity contribution is 7.10. The number of nitrogens with zero attached hydrogens (tertiary/aromatic N) is 4. The summed E-state index contributed by atoms with van der Waals surface area (Å²) in [6.45, 7) is 5.82. The first-order valence-electron chi connectivity index (χ1n) is 28.8. The Morgan fingerprint density at radius 3 is 1.46 bits per heavy atom. The Morgan fingerprint density at radius 1 is 0.580 bits per heavy atom. The van der Waals surface area contributed by atoms with Gasteiger partial charge in [0.1, 0.15) is 33.5 Å². The molecule has 2 saturated carbocycles. The minimum absolute atomic E-state index is 0.0744. The molecule has 4 aromatic rings. The van der Waals surface area contributed by atoms with E-state index in [-0.39, 0.29) is 88.6 Å². The lowest BCUT2D eigenvalue weighted by Crippen LogP contribution is -2.56. The molecule has 9 rings (SSSR count). The molecule has 5 aliphatic rings. The van der Waals surface area contributed by atoms with E-state index in [1.54, 1.807) is 97.0 Å². The summed E-state index contributed by atoms with van der Waals surface area (Å²) < 4.78 is 0. The van der Waals surface area contributed by atoms with Gasteiger partial charge in [-0.25, -0.2) is 9.97 Å². The largest absolute Gasteiger partial charge is 0.347 e. The third-order valence-corrected chi connectivity index (χ3v) is 18.8. The summed E-state index contributed by atoms with van der Waals surface area (Å²) in [5.41, 5.74) is 2.19. The lowest BCUT2D eigenvalue weighted by atomic mass is 9.83. The van der Waals surface area contributed by atoms with Gasteiger partial charge >= 0.3 is 0 Å². The van der Waals surface area contributed by atoms with Gasteiger partial charge in [-0.2, -0.15) is 0 Å². The van der Waals surface area contributed by atoms with Gasteiger partial charge in [-0.3, -0.25) is 38.4 Å². The number of hydrogen-bond acceptors (Lipinski definition) is 14. The predicted molar refractivity (Wildman–Crippen MR) is 311 cm³/mol. The zero-order valence-electron chi connectivity index (χ0n) is 46.9. The highest BCUT2D eigenvalue weighted by Crippen LogP contribution is 2.39. The van der Waals surface area contributed by atoms with Crippen LogP contribution in [0.2, 0.25) is 0 Å². The molecule has 2 aromatic carbocycles. The third kappa shape index (κ3) is 14.0. The van der Waals surface area contributed by atoms with Gasteiger partial charge in [0.15, 0.2) is 0 Å². The van der Waals surface area contributed by atoms with Gasteiger partial charge in [0.25, 0.3) is 11.8 Å². The fraction of sp³-hybridized carbons (Fsp3) is 0.508. The molecule has 3 aliphatic carbocycles. The average molecular weight is 1140 g/mol. The lowest BCUT2D eigenvalue weighted by molar-refractivity contribution is -0.139. The van der Waals surface area contributed by atoms with E-state index in [1.165, 1.54) is 22.7 Å². The summed E-state index contributed by atoms with van der Waals surface area (Å²) >= 11 is 2.58. The number of thiazole rings is 2. The molecule has 9 unspecified atom stereocenters. The first-order chi connectivity index (χ1) is 39.1. The van der Waals surface area contributed by atoms with Crippen molar-refractivity contribution in [2.24, 2.45) is 17.8 Å². The van der Waals surface area contributed by atoms with Crippen molar-refractivity contribution in [2.45, 2.75) is 153 Å². The van der Waals surface area contributed by atoms with E-state index in [2.05, 4.69) is 38.8 Å².